The molecule has 2 rings (SSSR count). The lowest BCUT2D eigenvalue weighted by molar-refractivity contribution is 0.0565. The molecular formula is C11H10O5. The van der Waals surface area contributed by atoms with Gasteiger partial charge in [-0.15, -0.1) is 0 Å². The number of hydrogen-bond acceptors (Lipinski definition) is 5. The minimum atomic E-state index is -0.444. The first-order chi connectivity index (χ1) is 7.77. The van der Waals surface area contributed by atoms with Crippen LogP contribution < -0.4 is 0 Å². The highest BCUT2D eigenvalue weighted by Gasteiger charge is 2.05. The molecule has 0 saturated carbocycles. The van der Waals surface area contributed by atoms with Crippen LogP contribution in [0.3, 0.4) is 0 Å². The number of methoxy groups -OCH3 is 1. The van der Waals surface area contributed by atoms with E-state index in [1.807, 2.05) is 0 Å². The van der Waals surface area contributed by atoms with Gasteiger partial charge in [0.15, 0.2) is 12.0 Å². The van der Waals surface area contributed by atoms with Gasteiger partial charge in [-0.2, -0.15) is 0 Å². The molecule has 0 aromatic carbocycles. The van der Waals surface area contributed by atoms with E-state index in [9.17, 15) is 9.59 Å². The van der Waals surface area contributed by atoms with Gasteiger partial charge in [-0.25, -0.2) is 4.79 Å². The lowest BCUT2D eigenvalue weighted by atomic mass is 10.5. The second-order valence-electron chi connectivity index (χ2n) is 2.60. The highest BCUT2D eigenvalue weighted by atomic mass is 16.5. The van der Waals surface area contributed by atoms with Gasteiger partial charge in [0, 0.05) is 0 Å². The maximum Gasteiger partial charge on any atom is 0.373 e. The van der Waals surface area contributed by atoms with Gasteiger partial charge in [0.2, 0.25) is 5.76 Å². The van der Waals surface area contributed by atoms with Crippen LogP contribution in [-0.2, 0) is 4.74 Å². The van der Waals surface area contributed by atoms with Crippen molar-refractivity contribution < 1.29 is 23.2 Å². The maximum atomic E-state index is 10.6. The highest BCUT2D eigenvalue weighted by Crippen LogP contribution is 2.00. The molecule has 84 valence electrons. The zero-order valence-electron chi connectivity index (χ0n) is 8.58. The minimum Gasteiger partial charge on any atom is -0.463 e. The van der Waals surface area contributed by atoms with E-state index in [1.54, 1.807) is 24.3 Å². The zero-order chi connectivity index (χ0) is 11.8. The number of ether oxygens (including phenoxy) is 1. The van der Waals surface area contributed by atoms with E-state index in [-0.39, 0.29) is 5.76 Å². The predicted octanol–water partition coefficient (Wildman–Crippen LogP) is 2.16. The van der Waals surface area contributed by atoms with Crippen molar-refractivity contribution in [3.8, 4) is 0 Å². The summed E-state index contributed by atoms with van der Waals surface area (Å²) in [5.41, 5.74) is 0. The molecule has 0 aliphatic rings. The summed E-state index contributed by atoms with van der Waals surface area (Å²) in [6.07, 6.45) is 3.55. The number of carbonyl (C=O) groups is 2. The first-order valence-corrected chi connectivity index (χ1v) is 4.38. The van der Waals surface area contributed by atoms with E-state index in [1.165, 1.54) is 19.6 Å². The van der Waals surface area contributed by atoms with Crippen molar-refractivity contribution in [3.63, 3.8) is 0 Å². The maximum absolute atomic E-state index is 10.6. The Morgan fingerprint density at radius 2 is 1.94 bits per heavy atom. The summed E-state index contributed by atoms with van der Waals surface area (Å²) in [4.78, 5) is 20.3. The molecular weight excluding hydrogens is 212 g/mol. The molecule has 0 aliphatic carbocycles. The van der Waals surface area contributed by atoms with Gasteiger partial charge in [0.05, 0.1) is 19.6 Å². The predicted molar refractivity (Wildman–Crippen MR) is 54.1 cm³/mol. The Balaban J connectivity index is 0.000000165. The SMILES string of the molecule is COC(=O)c1ccco1.O=Cc1ccco1. The van der Waals surface area contributed by atoms with Crippen molar-refractivity contribution in [1.29, 1.82) is 0 Å². The molecule has 0 N–H and O–H groups in total. The second-order valence-corrected chi connectivity index (χ2v) is 2.60. The quantitative estimate of drug-likeness (QED) is 0.575. The van der Waals surface area contributed by atoms with Crippen molar-refractivity contribution >= 4 is 12.3 Å². The van der Waals surface area contributed by atoms with Gasteiger partial charge in [0.1, 0.15) is 0 Å². The molecule has 16 heavy (non-hydrogen) atoms. The third-order valence-corrected chi connectivity index (χ3v) is 1.57. The van der Waals surface area contributed by atoms with Gasteiger partial charge in [0.25, 0.3) is 0 Å². The van der Waals surface area contributed by atoms with Crippen molar-refractivity contribution in [2.24, 2.45) is 0 Å². The summed E-state index contributed by atoms with van der Waals surface area (Å²) < 4.78 is 13.7. The Labute approximate surface area is 91.6 Å². The van der Waals surface area contributed by atoms with E-state index >= 15 is 0 Å². The number of rotatable bonds is 2. The fourth-order valence-corrected chi connectivity index (χ4v) is 0.854. The van der Waals surface area contributed by atoms with E-state index in [4.69, 9.17) is 4.42 Å². The Kier molecular flexibility index (Phi) is 4.59. The third kappa shape index (κ3) is 3.45. The van der Waals surface area contributed by atoms with Crippen molar-refractivity contribution in [1.82, 2.24) is 0 Å². The summed E-state index contributed by atoms with van der Waals surface area (Å²) in [5.74, 6) is 0.164. The third-order valence-electron chi connectivity index (χ3n) is 1.57. The highest BCUT2D eigenvalue weighted by molar-refractivity contribution is 5.85. The van der Waals surface area contributed by atoms with Crippen molar-refractivity contribution in [3.05, 3.63) is 48.3 Å². The zero-order valence-corrected chi connectivity index (χ0v) is 8.58. The topological polar surface area (TPSA) is 69.7 Å². The van der Waals surface area contributed by atoms with Crippen LogP contribution >= 0.6 is 0 Å². The molecule has 0 saturated heterocycles. The molecule has 0 amide bonds. The normalized spacial score (nSPS) is 8.81. The molecule has 0 aliphatic heterocycles. The monoisotopic (exact) mass is 222 g/mol. The summed E-state index contributed by atoms with van der Waals surface area (Å²) >= 11 is 0. The summed E-state index contributed by atoms with van der Waals surface area (Å²) in [6, 6.07) is 6.45. The Hall–Kier alpha value is -2.30. The van der Waals surface area contributed by atoms with Crippen molar-refractivity contribution in [2.75, 3.05) is 7.11 Å². The molecule has 5 heteroatoms. The fourth-order valence-electron chi connectivity index (χ4n) is 0.854. The Bertz CT molecular complexity index is 413. The van der Waals surface area contributed by atoms with Crippen LogP contribution in [0, 0.1) is 0 Å². The number of furan rings is 2. The first-order valence-electron chi connectivity index (χ1n) is 4.38. The number of esters is 1. The smallest absolute Gasteiger partial charge is 0.373 e. The van der Waals surface area contributed by atoms with Crippen LogP contribution in [0.2, 0.25) is 0 Å². The largest absolute Gasteiger partial charge is 0.463 e. The van der Waals surface area contributed by atoms with Crippen LogP contribution in [0.15, 0.2) is 45.6 Å². The van der Waals surface area contributed by atoms with E-state index in [2.05, 4.69) is 9.15 Å². The van der Waals surface area contributed by atoms with Crippen LogP contribution in [0.5, 0.6) is 0 Å². The first kappa shape index (κ1) is 11.8. The molecule has 2 aromatic rings. The lowest BCUT2D eigenvalue weighted by Crippen LogP contribution is -1.97. The number of aldehydes is 1. The molecule has 0 bridgehead atoms. The van der Waals surface area contributed by atoms with E-state index in [0.29, 0.717) is 12.0 Å². The van der Waals surface area contributed by atoms with E-state index in [0.717, 1.165) is 0 Å². The van der Waals surface area contributed by atoms with Gasteiger partial charge < -0.3 is 13.6 Å². The fraction of sp³-hybridized carbons (Fsp3) is 0.0909. The molecule has 0 atom stereocenters. The van der Waals surface area contributed by atoms with Crippen LogP contribution in [0.1, 0.15) is 21.1 Å². The summed E-state index contributed by atoms with van der Waals surface area (Å²) in [5, 5.41) is 0. The lowest BCUT2D eigenvalue weighted by Gasteiger charge is -1.89. The van der Waals surface area contributed by atoms with Crippen molar-refractivity contribution in [2.45, 2.75) is 0 Å². The average Bonchev–Trinajstić information content (AvgIpc) is 3.01. The molecule has 2 heterocycles. The van der Waals surface area contributed by atoms with E-state index < -0.39 is 5.97 Å². The van der Waals surface area contributed by atoms with Crippen LogP contribution in [-0.4, -0.2) is 19.4 Å². The molecule has 2 aromatic heterocycles. The average molecular weight is 222 g/mol. The summed E-state index contributed by atoms with van der Waals surface area (Å²) in [6.45, 7) is 0. The summed E-state index contributed by atoms with van der Waals surface area (Å²) in [7, 11) is 1.31. The van der Waals surface area contributed by atoms with Crippen LogP contribution in [0.25, 0.3) is 0 Å². The van der Waals surface area contributed by atoms with Gasteiger partial charge in [-0.1, -0.05) is 0 Å². The van der Waals surface area contributed by atoms with Crippen LogP contribution in [0.4, 0.5) is 0 Å². The minimum absolute atomic E-state index is 0.234. The molecule has 0 unspecified atom stereocenters. The van der Waals surface area contributed by atoms with Gasteiger partial charge in [-0.05, 0) is 24.3 Å². The molecule has 0 fully saturated rings. The molecule has 0 spiro atoms. The second kappa shape index (κ2) is 6.23. The number of carbonyl (C=O) groups excluding carboxylic acids is 2. The van der Waals surface area contributed by atoms with Gasteiger partial charge in [-0.3, -0.25) is 4.79 Å². The molecule has 5 nitrogen and oxygen atoms in total. The standard InChI is InChI=1S/C6H6O3.C5H4O2/c1-8-6(7)5-3-2-4-9-5;6-4-5-2-1-3-7-5/h2-4H,1H3;1-4H. The molecule has 0 radical (unpaired) electrons. The Morgan fingerprint density at radius 1 is 1.25 bits per heavy atom. The Morgan fingerprint density at radius 3 is 2.31 bits per heavy atom. The number of hydrogen-bond donors (Lipinski definition) is 0. The van der Waals surface area contributed by atoms with Gasteiger partial charge >= 0.3 is 5.97 Å².